The van der Waals surface area contributed by atoms with Crippen LogP contribution in [0.5, 0.6) is 0 Å². The Balaban J connectivity index is 1.51. The monoisotopic (exact) mass is 436 g/mol. The van der Waals surface area contributed by atoms with Gasteiger partial charge in [-0.2, -0.15) is 0 Å². The molecule has 10 heteroatoms. The smallest absolute Gasteiger partial charge is 0.410 e. The highest BCUT2D eigenvalue weighted by atomic mass is 32.2. The van der Waals surface area contributed by atoms with Crippen molar-refractivity contribution >= 4 is 34.9 Å². The van der Waals surface area contributed by atoms with Crippen molar-refractivity contribution in [3.8, 4) is 0 Å². The molecule has 4 amide bonds. The number of aromatic nitrogens is 1. The van der Waals surface area contributed by atoms with E-state index in [4.69, 9.17) is 4.74 Å². The molecule has 2 saturated heterocycles. The molecular formula is C20H28N4O5S. The molecule has 164 valence electrons. The van der Waals surface area contributed by atoms with Crippen molar-refractivity contribution in [2.75, 3.05) is 31.9 Å². The van der Waals surface area contributed by atoms with Crippen molar-refractivity contribution in [1.82, 2.24) is 19.7 Å². The van der Waals surface area contributed by atoms with Crippen molar-refractivity contribution in [2.24, 2.45) is 0 Å². The molecule has 1 N–H and O–H groups in total. The molecule has 2 aliphatic heterocycles. The number of rotatable bonds is 5. The van der Waals surface area contributed by atoms with Crippen LogP contribution in [0, 0.1) is 0 Å². The van der Waals surface area contributed by atoms with Crippen LogP contribution in [0.3, 0.4) is 0 Å². The molecule has 1 aromatic rings. The highest BCUT2D eigenvalue weighted by Gasteiger charge is 2.30. The Hall–Kier alpha value is -2.49. The minimum Gasteiger partial charge on any atom is -0.444 e. The van der Waals surface area contributed by atoms with Crippen molar-refractivity contribution in [3.63, 3.8) is 0 Å². The van der Waals surface area contributed by atoms with Gasteiger partial charge < -0.3 is 19.5 Å². The van der Waals surface area contributed by atoms with Gasteiger partial charge in [0.25, 0.3) is 11.1 Å². The van der Waals surface area contributed by atoms with Crippen LogP contribution >= 0.6 is 11.8 Å². The van der Waals surface area contributed by atoms with E-state index in [0.29, 0.717) is 18.8 Å². The predicted octanol–water partition coefficient (Wildman–Crippen LogP) is 2.49. The first-order chi connectivity index (χ1) is 14.2. The molecule has 2 fully saturated rings. The van der Waals surface area contributed by atoms with Crippen LogP contribution in [-0.4, -0.2) is 75.0 Å². The molecule has 1 aromatic heterocycles. The molecule has 0 atom stereocenters. The number of nitrogens with zero attached hydrogens (tertiary/aromatic N) is 3. The Morgan fingerprint density at radius 3 is 2.53 bits per heavy atom. The maximum atomic E-state index is 12.6. The summed E-state index contributed by atoms with van der Waals surface area (Å²) in [5.74, 6) is -0.307. The molecular weight excluding hydrogens is 408 g/mol. The Kier molecular flexibility index (Phi) is 6.74. The van der Waals surface area contributed by atoms with Crippen molar-refractivity contribution in [3.05, 3.63) is 24.0 Å². The van der Waals surface area contributed by atoms with E-state index in [9.17, 15) is 19.2 Å². The number of carbonyl (C=O) groups excluding carboxylic acids is 4. The third-order valence-electron chi connectivity index (χ3n) is 4.98. The zero-order chi connectivity index (χ0) is 21.9. The number of carbonyl (C=O) groups is 4. The van der Waals surface area contributed by atoms with Gasteiger partial charge in [-0.15, -0.1) is 0 Å². The maximum absolute atomic E-state index is 12.6. The van der Waals surface area contributed by atoms with E-state index in [1.807, 2.05) is 37.6 Å². The average Bonchev–Trinajstić information content (AvgIpc) is 3.29. The van der Waals surface area contributed by atoms with Crippen LogP contribution in [0.1, 0.15) is 50.1 Å². The zero-order valence-electron chi connectivity index (χ0n) is 17.6. The molecule has 3 heterocycles. The van der Waals surface area contributed by atoms with Crippen LogP contribution in [0.2, 0.25) is 0 Å². The first kappa shape index (κ1) is 22.2. The molecule has 30 heavy (non-hydrogen) atoms. The number of piperidine rings is 1. The lowest BCUT2D eigenvalue weighted by molar-refractivity contribution is -0.124. The zero-order valence-corrected chi connectivity index (χ0v) is 18.4. The third-order valence-corrected chi connectivity index (χ3v) is 5.84. The topological polar surface area (TPSA) is 101 Å². The van der Waals surface area contributed by atoms with Crippen molar-refractivity contribution in [1.29, 1.82) is 0 Å². The van der Waals surface area contributed by atoms with Gasteiger partial charge >= 0.3 is 6.09 Å². The number of amides is 4. The summed E-state index contributed by atoms with van der Waals surface area (Å²) >= 11 is 0.980. The largest absolute Gasteiger partial charge is 0.444 e. The van der Waals surface area contributed by atoms with Gasteiger partial charge in [-0.25, -0.2) is 4.79 Å². The number of imide groups is 1. The number of thioether (sulfide) groups is 1. The lowest BCUT2D eigenvalue weighted by Gasteiger charge is -2.34. The lowest BCUT2D eigenvalue weighted by Crippen LogP contribution is -2.42. The normalized spacial score (nSPS) is 18.1. The van der Waals surface area contributed by atoms with E-state index in [1.165, 1.54) is 0 Å². The summed E-state index contributed by atoms with van der Waals surface area (Å²) in [6.07, 6.45) is 3.01. The van der Waals surface area contributed by atoms with Crippen LogP contribution in [0.25, 0.3) is 0 Å². The molecule has 2 aliphatic rings. The van der Waals surface area contributed by atoms with Crippen LogP contribution in [0.4, 0.5) is 9.59 Å². The molecule has 0 radical (unpaired) electrons. The molecule has 9 nitrogen and oxygen atoms in total. The van der Waals surface area contributed by atoms with Gasteiger partial charge in [0.05, 0.1) is 5.75 Å². The van der Waals surface area contributed by atoms with E-state index in [-0.39, 0.29) is 48.0 Å². The minimum absolute atomic E-state index is 0.109. The Bertz CT molecular complexity index is 807. The fraction of sp³-hybridized carbons (Fsp3) is 0.600. The van der Waals surface area contributed by atoms with Gasteiger partial charge in [0.2, 0.25) is 5.91 Å². The van der Waals surface area contributed by atoms with Crippen LogP contribution in [0.15, 0.2) is 18.3 Å². The lowest BCUT2D eigenvalue weighted by atomic mass is 10.0. The first-order valence-electron chi connectivity index (χ1n) is 10.1. The molecule has 3 rings (SSSR count). The highest BCUT2D eigenvalue weighted by molar-refractivity contribution is 8.14. The highest BCUT2D eigenvalue weighted by Crippen LogP contribution is 2.26. The van der Waals surface area contributed by atoms with E-state index >= 15 is 0 Å². The standard InChI is InChI=1S/C20H28N4O5S/c1-20(2,3)29-18(27)22-10-6-14(7-11-22)23-9-4-5-15(23)17(26)21-8-12-24-16(25)13-30-19(24)28/h4-5,9,14H,6-8,10-13H2,1-3H3,(H,21,26). The van der Waals surface area contributed by atoms with E-state index < -0.39 is 5.60 Å². The van der Waals surface area contributed by atoms with Crippen LogP contribution < -0.4 is 5.32 Å². The number of hydrogen-bond donors (Lipinski definition) is 1. The number of hydrogen-bond acceptors (Lipinski definition) is 6. The predicted molar refractivity (Wildman–Crippen MR) is 112 cm³/mol. The molecule has 0 saturated carbocycles. The fourth-order valence-electron chi connectivity index (χ4n) is 3.53. The van der Waals surface area contributed by atoms with Gasteiger partial charge in [-0.1, -0.05) is 11.8 Å². The first-order valence-corrected chi connectivity index (χ1v) is 11.0. The van der Waals surface area contributed by atoms with Gasteiger partial charge in [0.15, 0.2) is 0 Å². The quantitative estimate of drug-likeness (QED) is 0.761. The molecule has 0 spiro atoms. The average molecular weight is 437 g/mol. The van der Waals surface area contributed by atoms with Crippen molar-refractivity contribution in [2.45, 2.75) is 45.3 Å². The fourth-order valence-corrected chi connectivity index (χ4v) is 4.28. The second-order valence-corrected chi connectivity index (χ2v) is 9.28. The number of ether oxygens (including phenoxy) is 1. The van der Waals surface area contributed by atoms with Gasteiger partial charge in [0, 0.05) is 38.4 Å². The van der Waals surface area contributed by atoms with E-state index in [0.717, 1.165) is 29.5 Å². The molecule has 0 unspecified atom stereocenters. The second kappa shape index (κ2) is 9.11. The van der Waals surface area contributed by atoms with Crippen molar-refractivity contribution < 1.29 is 23.9 Å². The molecule has 0 aromatic carbocycles. The Morgan fingerprint density at radius 1 is 1.23 bits per heavy atom. The third kappa shape index (κ3) is 5.35. The second-order valence-electron chi connectivity index (χ2n) is 8.36. The summed E-state index contributed by atoms with van der Waals surface area (Å²) in [6, 6.07) is 3.68. The van der Waals surface area contributed by atoms with E-state index in [2.05, 4.69) is 5.32 Å². The van der Waals surface area contributed by atoms with Gasteiger partial charge in [-0.3, -0.25) is 19.3 Å². The summed E-state index contributed by atoms with van der Waals surface area (Å²) < 4.78 is 7.36. The summed E-state index contributed by atoms with van der Waals surface area (Å²) in [4.78, 5) is 51.0. The number of nitrogens with one attached hydrogen (secondary N) is 1. The van der Waals surface area contributed by atoms with Gasteiger partial charge in [0.1, 0.15) is 11.3 Å². The SMILES string of the molecule is CC(C)(C)OC(=O)N1CCC(n2cccc2C(=O)NCCN2C(=O)CSC2=O)CC1. The van der Waals surface area contributed by atoms with Gasteiger partial charge in [-0.05, 0) is 45.7 Å². The maximum Gasteiger partial charge on any atom is 0.410 e. The molecule has 0 bridgehead atoms. The van der Waals surface area contributed by atoms with Crippen LogP contribution in [-0.2, 0) is 9.53 Å². The summed E-state index contributed by atoms with van der Waals surface area (Å²) in [7, 11) is 0. The number of likely N-dealkylation sites (tertiary alicyclic amines) is 1. The summed E-state index contributed by atoms with van der Waals surface area (Å²) in [5.41, 5.74) is 0.00181. The minimum atomic E-state index is -0.525. The summed E-state index contributed by atoms with van der Waals surface area (Å²) in [6.45, 7) is 7.04. The Morgan fingerprint density at radius 2 is 1.93 bits per heavy atom. The summed E-state index contributed by atoms with van der Waals surface area (Å²) in [5, 5.41) is 2.52. The Labute approximate surface area is 180 Å². The van der Waals surface area contributed by atoms with E-state index in [1.54, 1.807) is 11.0 Å². The molecule has 0 aliphatic carbocycles.